The molecule has 1 fully saturated rings. The predicted octanol–water partition coefficient (Wildman–Crippen LogP) is 2.26. The Balaban J connectivity index is 1.42. The van der Waals surface area contributed by atoms with Crippen LogP contribution in [-0.4, -0.2) is 56.2 Å². The fraction of sp³-hybridized carbons (Fsp3) is 0.250. The number of nitrogens with one attached hydrogen (secondary N) is 2. The summed E-state index contributed by atoms with van der Waals surface area (Å²) in [5.74, 6) is 2.22. The van der Waals surface area contributed by atoms with Gasteiger partial charge in [-0.1, -0.05) is 6.07 Å². The van der Waals surface area contributed by atoms with E-state index in [0.29, 0.717) is 23.8 Å². The van der Waals surface area contributed by atoms with Crippen molar-refractivity contribution < 1.29 is 4.74 Å². The summed E-state index contributed by atoms with van der Waals surface area (Å²) in [6, 6.07) is 7.93. The smallest absolute Gasteiger partial charge is 0.183 e. The van der Waals surface area contributed by atoms with Crippen LogP contribution in [0.15, 0.2) is 49.2 Å². The van der Waals surface area contributed by atoms with Gasteiger partial charge >= 0.3 is 0 Å². The molecule has 4 aromatic rings. The van der Waals surface area contributed by atoms with Gasteiger partial charge in [0.1, 0.15) is 11.3 Å². The molecular weight excluding hydrogens is 368 g/mol. The molecule has 0 unspecified atom stereocenters. The molecule has 5 heterocycles. The van der Waals surface area contributed by atoms with E-state index in [9.17, 15) is 0 Å². The molecule has 29 heavy (non-hydrogen) atoms. The first-order valence-corrected chi connectivity index (χ1v) is 9.50. The van der Waals surface area contributed by atoms with Crippen LogP contribution in [-0.2, 0) is 11.3 Å². The Morgan fingerprint density at radius 3 is 2.79 bits per heavy atom. The van der Waals surface area contributed by atoms with E-state index in [1.807, 2.05) is 36.7 Å². The maximum atomic E-state index is 5.41. The topological polar surface area (TPSA) is 105 Å². The van der Waals surface area contributed by atoms with Crippen molar-refractivity contribution in [3.8, 4) is 11.4 Å². The van der Waals surface area contributed by atoms with Gasteiger partial charge in [0.05, 0.1) is 19.5 Å². The quantitative estimate of drug-likeness (QED) is 0.536. The third-order valence-corrected chi connectivity index (χ3v) is 4.81. The molecule has 0 radical (unpaired) electrons. The first-order valence-electron chi connectivity index (χ1n) is 9.50. The summed E-state index contributed by atoms with van der Waals surface area (Å²) in [6.45, 7) is 3.77. The summed E-state index contributed by atoms with van der Waals surface area (Å²) in [7, 11) is 0. The van der Waals surface area contributed by atoms with E-state index < -0.39 is 0 Å². The van der Waals surface area contributed by atoms with Crippen LogP contribution < -0.4 is 10.2 Å². The van der Waals surface area contributed by atoms with E-state index in [2.05, 4.69) is 35.1 Å². The number of aromatic nitrogens is 6. The van der Waals surface area contributed by atoms with Crippen LogP contribution in [0.4, 0.5) is 11.6 Å². The number of imidazole rings is 1. The highest BCUT2D eigenvalue weighted by molar-refractivity contribution is 5.84. The lowest BCUT2D eigenvalue weighted by Crippen LogP contribution is -2.36. The summed E-state index contributed by atoms with van der Waals surface area (Å²) in [5.41, 5.74) is 3.30. The molecule has 0 bridgehead atoms. The van der Waals surface area contributed by atoms with E-state index in [1.54, 1.807) is 12.5 Å². The largest absolute Gasteiger partial charge is 0.378 e. The zero-order valence-electron chi connectivity index (χ0n) is 15.7. The molecule has 1 aliphatic heterocycles. The average molecular weight is 388 g/mol. The van der Waals surface area contributed by atoms with Crippen molar-refractivity contribution in [3.63, 3.8) is 0 Å². The van der Waals surface area contributed by atoms with Crippen LogP contribution in [0, 0.1) is 0 Å². The van der Waals surface area contributed by atoms with E-state index in [-0.39, 0.29) is 0 Å². The maximum absolute atomic E-state index is 5.41. The molecule has 5 rings (SSSR count). The van der Waals surface area contributed by atoms with Crippen LogP contribution in [0.3, 0.4) is 0 Å². The fourth-order valence-corrected chi connectivity index (χ4v) is 3.28. The molecule has 4 aromatic heterocycles. The van der Waals surface area contributed by atoms with Crippen LogP contribution in [0.2, 0.25) is 0 Å². The summed E-state index contributed by atoms with van der Waals surface area (Å²) in [4.78, 5) is 27.7. The molecular formula is C20H20N8O. The van der Waals surface area contributed by atoms with Gasteiger partial charge in [0, 0.05) is 43.8 Å². The van der Waals surface area contributed by atoms with Crippen LogP contribution in [0.1, 0.15) is 5.56 Å². The molecule has 0 spiro atoms. The van der Waals surface area contributed by atoms with Gasteiger partial charge in [-0.05, 0) is 23.8 Å². The number of anilines is 2. The Hall–Kier alpha value is -3.59. The Kier molecular flexibility index (Phi) is 4.71. The molecule has 1 aliphatic rings. The average Bonchev–Trinajstić information content (AvgIpc) is 3.28. The molecule has 0 saturated carbocycles. The van der Waals surface area contributed by atoms with Crippen LogP contribution in [0.5, 0.6) is 0 Å². The van der Waals surface area contributed by atoms with Crippen LogP contribution in [0.25, 0.3) is 22.6 Å². The van der Waals surface area contributed by atoms with Gasteiger partial charge in [-0.25, -0.2) is 19.9 Å². The second kappa shape index (κ2) is 7.80. The lowest BCUT2D eigenvalue weighted by Gasteiger charge is -2.27. The highest BCUT2D eigenvalue weighted by Gasteiger charge is 2.15. The number of hydrogen-bond donors (Lipinski definition) is 2. The Bertz CT molecular complexity index is 1090. The SMILES string of the molecule is c1cncc(CNc2nc(-c3ccc(N4CCOCC4)nc3)nc3nc[nH]c23)c1. The number of H-pyrrole nitrogens is 1. The van der Waals surface area contributed by atoms with Gasteiger partial charge in [-0.2, -0.15) is 0 Å². The van der Waals surface area contributed by atoms with Crippen molar-refractivity contribution in [1.29, 1.82) is 0 Å². The second-order valence-electron chi connectivity index (χ2n) is 6.72. The first kappa shape index (κ1) is 17.5. The van der Waals surface area contributed by atoms with Crippen molar-refractivity contribution in [2.75, 3.05) is 36.5 Å². The molecule has 9 nitrogen and oxygen atoms in total. The molecule has 0 aromatic carbocycles. The van der Waals surface area contributed by atoms with E-state index in [1.165, 1.54) is 0 Å². The molecule has 0 aliphatic carbocycles. The Morgan fingerprint density at radius 1 is 1.07 bits per heavy atom. The summed E-state index contributed by atoms with van der Waals surface area (Å²) >= 11 is 0. The summed E-state index contributed by atoms with van der Waals surface area (Å²) in [6.07, 6.45) is 7.02. The summed E-state index contributed by atoms with van der Waals surface area (Å²) < 4.78 is 5.41. The van der Waals surface area contributed by atoms with E-state index >= 15 is 0 Å². The van der Waals surface area contributed by atoms with Crippen molar-refractivity contribution >= 4 is 22.8 Å². The highest BCUT2D eigenvalue weighted by Crippen LogP contribution is 2.24. The maximum Gasteiger partial charge on any atom is 0.183 e. The lowest BCUT2D eigenvalue weighted by molar-refractivity contribution is 0.122. The zero-order chi connectivity index (χ0) is 19.5. The normalized spacial score (nSPS) is 14.3. The third kappa shape index (κ3) is 3.72. The number of nitrogens with zero attached hydrogens (tertiary/aromatic N) is 6. The Labute approximate surface area is 167 Å². The zero-order valence-corrected chi connectivity index (χ0v) is 15.7. The lowest BCUT2D eigenvalue weighted by atomic mass is 10.2. The van der Waals surface area contributed by atoms with E-state index in [0.717, 1.165) is 48.8 Å². The number of pyridine rings is 2. The molecule has 0 amide bonds. The molecule has 0 atom stereocenters. The third-order valence-electron chi connectivity index (χ3n) is 4.81. The number of rotatable bonds is 5. The minimum absolute atomic E-state index is 0.583. The standard InChI is InChI=1S/C20H20N8O/c1-2-14(10-21-5-1)11-23-19-17-20(25-13-24-17)27-18(26-19)15-3-4-16(22-12-15)28-6-8-29-9-7-28/h1-5,10,12-13H,6-9,11H2,(H2,23,24,25,26,27). The molecule has 2 N–H and O–H groups in total. The van der Waals surface area contributed by atoms with Gasteiger partial charge in [0.2, 0.25) is 0 Å². The van der Waals surface area contributed by atoms with Crippen molar-refractivity contribution in [2.45, 2.75) is 6.54 Å². The Morgan fingerprint density at radius 2 is 2.00 bits per heavy atom. The number of ether oxygens (including phenoxy) is 1. The van der Waals surface area contributed by atoms with Gasteiger partial charge in [0.25, 0.3) is 0 Å². The van der Waals surface area contributed by atoms with E-state index in [4.69, 9.17) is 9.72 Å². The van der Waals surface area contributed by atoms with Gasteiger partial charge in [-0.15, -0.1) is 0 Å². The number of aromatic amines is 1. The first-order chi connectivity index (χ1) is 14.4. The van der Waals surface area contributed by atoms with Crippen molar-refractivity contribution in [1.82, 2.24) is 29.9 Å². The van der Waals surface area contributed by atoms with Gasteiger partial charge in [-0.3, -0.25) is 4.98 Å². The minimum Gasteiger partial charge on any atom is -0.378 e. The number of fused-ring (bicyclic) bond motifs is 1. The second-order valence-corrected chi connectivity index (χ2v) is 6.72. The minimum atomic E-state index is 0.583. The predicted molar refractivity (Wildman–Crippen MR) is 110 cm³/mol. The van der Waals surface area contributed by atoms with Gasteiger partial charge in [0.15, 0.2) is 17.3 Å². The highest BCUT2D eigenvalue weighted by atomic mass is 16.5. The number of hydrogen-bond acceptors (Lipinski definition) is 8. The fourth-order valence-electron chi connectivity index (χ4n) is 3.28. The molecule has 1 saturated heterocycles. The monoisotopic (exact) mass is 388 g/mol. The van der Waals surface area contributed by atoms with Gasteiger partial charge < -0.3 is 19.9 Å². The molecule has 146 valence electrons. The number of morpholine rings is 1. The molecule has 9 heteroatoms. The van der Waals surface area contributed by atoms with Crippen molar-refractivity contribution in [2.24, 2.45) is 0 Å². The van der Waals surface area contributed by atoms with Crippen LogP contribution >= 0.6 is 0 Å². The summed E-state index contributed by atoms with van der Waals surface area (Å²) in [5, 5.41) is 3.36. The van der Waals surface area contributed by atoms with Crippen molar-refractivity contribution in [3.05, 3.63) is 54.7 Å².